The summed E-state index contributed by atoms with van der Waals surface area (Å²) in [5, 5.41) is 0.608. The molecular weight excluding hydrogens is 272 g/mol. The molecule has 20 heavy (non-hydrogen) atoms. The number of nitrogens with zero attached hydrogens (tertiary/aromatic N) is 1. The zero-order valence-electron chi connectivity index (χ0n) is 11.6. The van der Waals surface area contributed by atoms with Crippen molar-refractivity contribution in [1.29, 1.82) is 0 Å². The minimum absolute atomic E-state index is 0.342. The van der Waals surface area contributed by atoms with Gasteiger partial charge in [0, 0.05) is 11.1 Å². The lowest BCUT2D eigenvalue weighted by Gasteiger charge is -2.09. The lowest BCUT2D eigenvalue weighted by Crippen LogP contribution is -2.07. The summed E-state index contributed by atoms with van der Waals surface area (Å²) in [4.78, 5) is 16.9. The van der Waals surface area contributed by atoms with Crippen LogP contribution in [0.15, 0.2) is 40.4 Å². The van der Waals surface area contributed by atoms with Crippen LogP contribution in [0, 0.1) is 13.8 Å². The molecule has 1 heterocycles. The average Bonchev–Trinajstić information content (AvgIpc) is 2.44. The van der Waals surface area contributed by atoms with Crippen LogP contribution in [0.1, 0.15) is 21.5 Å². The summed E-state index contributed by atoms with van der Waals surface area (Å²) in [6, 6.07) is 7.70. The number of pyridine rings is 1. The van der Waals surface area contributed by atoms with Crippen molar-refractivity contribution < 1.29 is 9.53 Å². The van der Waals surface area contributed by atoms with Crippen molar-refractivity contribution >= 4 is 23.4 Å². The topological polar surface area (TPSA) is 65.2 Å². The molecule has 0 aliphatic heterocycles. The number of nitrogens with two attached hydrogens (primary N) is 1. The van der Waals surface area contributed by atoms with Crippen LogP contribution in [0.2, 0.25) is 0 Å². The maximum atomic E-state index is 11.6. The molecule has 0 unspecified atom stereocenters. The van der Waals surface area contributed by atoms with Gasteiger partial charge in [0.15, 0.2) is 0 Å². The molecule has 0 spiro atoms. The smallest absolute Gasteiger partial charge is 0.340 e. The summed E-state index contributed by atoms with van der Waals surface area (Å²) in [6.07, 6.45) is 1.56. The Morgan fingerprint density at radius 3 is 2.65 bits per heavy atom. The minimum Gasteiger partial charge on any atom is -0.465 e. The molecule has 2 rings (SSSR count). The summed E-state index contributed by atoms with van der Waals surface area (Å²) >= 11 is 1.44. The van der Waals surface area contributed by atoms with Gasteiger partial charge in [-0.1, -0.05) is 17.8 Å². The first-order valence-corrected chi connectivity index (χ1v) is 6.92. The second-order valence-electron chi connectivity index (χ2n) is 4.42. The van der Waals surface area contributed by atoms with Gasteiger partial charge in [0.05, 0.1) is 18.4 Å². The molecule has 0 bridgehead atoms. The van der Waals surface area contributed by atoms with Crippen LogP contribution >= 0.6 is 11.8 Å². The molecule has 0 aliphatic carbocycles. The quantitative estimate of drug-likeness (QED) is 0.878. The number of esters is 1. The van der Waals surface area contributed by atoms with Crippen LogP contribution in [0.3, 0.4) is 0 Å². The number of hydrogen-bond donors (Lipinski definition) is 1. The van der Waals surface area contributed by atoms with Crippen molar-refractivity contribution in [3.05, 3.63) is 47.2 Å². The number of hydrogen-bond acceptors (Lipinski definition) is 5. The Kier molecular flexibility index (Phi) is 4.29. The Morgan fingerprint density at radius 2 is 2.00 bits per heavy atom. The third-order valence-corrected chi connectivity index (χ3v) is 4.06. The van der Waals surface area contributed by atoms with E-state index in [-0.39, 0.29) is 0 Å². The lowest BCUT2D eigenvalue weighted by atomic mass is 10.1. The second-order valence-corrected chi connectivity index (χ2v) is 5.48. The fourth-order valence-electron chi connectivity index (χ4n) is 1.71. The fraction of sp³-hybridized carbons (Fsp3) is 0.200. The predicted octanol–water partition coefficient (Wildman–Crippen LogP) is 3.22. The predicted molar refractivity (Wildman–Crippen MR) is 80.0 cm³/mol. The summed E-state index contributed by atoms with van der Waals surface area (Å²) in [5.41, 5.74) is 9.12. The van der Waals surface area contributed by atoms with Crippen LogP contribution in [0.4, 0.5) is 5.69 Å². The normalized spacial score (nSPS) is 10.3. The molecule has 0 amide bonds. The minimum atomic E-state index is -0.452. The van der Waals surface area contributed by atoms with E-state index in [9.17, 15) is 4.79 Å². The first-order chi connectivity index (χ1) is 9.52. The highest BCUT2D eigenvalue weighted by molar-refractivity contribution is 7.99. The molecule has 0 saturated heterocycles. The van der Waals surface area contributed by atoms with Crippen molar-refractivity contribution in [2.24, 2.45) is 0 Å². The first kappa shape index (κ1) is 14.4. The molecular formula is C15H16N2O2S. The molecule has 2 aromatic rings. The number of ether oxygens (including phenoxy) is 1. The third-order valence-electron chi connectivity index (χ3n) is 3.05. The van der Waals surface area contributed by atoms with E-state index in [4.69, 9.17) is 10.5 Å². The molecule has 0 atom stereocenters. The zero-order chi connectivity index (χ0) is 14.7. The van der Waals surface area contributed by atoms with Gasteiger partial charge in [-0.2, -0.15) is 0 Å². The van der Waals surface area contributed by atoms with Gasteiger partial charge in [0.1, 0.15) is 5.03 Å². The number of anilines is 1. The van der Waals surface area contributed by atoms with Gasteiger partial charge in [-0.15, -0.1) is 0 Å². The van der Waals surface area contributed by atoms with Crippen molar-refractivity contribution in [2.75, 3.05) is 12.8 Å². The lowest BCUT2D eigenvalue weighted by molar-refractivity contribution is 0.0601. The van der Waals surface area contributed by atoms with Crippen LogP contribution in [-0.2, 0) is 4.74 Å². The second kappa shape index (κ2) is 5.96. The zero-order valence-corrected chi connectivity index (χ0v) is 12.5. The van der Waals surface area contributed by atoms with Crippen LogP contribution in [0.25, 0.3) is 0 Å². The highest BCUT2D eigenvalue weighted by Gasteiger charge is 2.14. The number of nitrogen functional groups attached to an aromatic ring is 1. The summed E-state index contributed by atoms with van der Waals surface area (Å²) < 4.78 is 4.70. The number of carbonyl (C=O) groups is 1. The van der Waals surface area contributed by atoms with Gasteiger partial charge in [-0.3, -0.25) is 0 Å². The molecule has 0 fully saturated rings. The molecule has 4 nitrogen and oxygen atoms in total. The van der Waals surface area contributed by atoms with Crippen LogP contribution in [-0.4, -0.2) is 18.1 Å². The highest BCUT2D eigenvalue weighted by atomic mass is 32.2. The van der Waals surface area contributed by atoms with Crippen molar-refractivity contribution in [1.82, 2.24) is 4.98 Å². The standard InChI is InChI=1S/C15H16N2O2S/c1-9-4-5-11(8-10(9)2)20-14-13(16)12(6-7-17-14)15(18)19-3/h4-8H,16H2,1-3H3. The summed E-state index contributed by atoms with van der Waals surface area (Å²) in [5.74, 6) is -0.452. The Bertz CT molecular complexity index is 656. The largest absolute Gasteiger partial charge is 0.465 e. The fourth-order valence-corrected chi connectivity index (χ4v) is 2.64. The molecule has 0 aliphatic rings. The molecule has 5 heteroatoms. The van der Waals surface area contributed by atoms with Gasteiger partial charge in [0.2, 0.25) is 0 Å². The Labute approximate surface area is 122 Å². The SMILES string of the molecule is COC(=O)c1ccnc(Sc2ccc(C)c(C)c2)c1N. The molecule has 0 radical (unpaired) electrons. The highest BCUT2D eigenvalue weighted by Crippen LogP contribution is 2.32. The monoisotopic (exact) mass is 288 g/mol. The molecule has 0 saturated carbocycles. The maximum Gasteiger partial charge on any atom is 0.340 e. The van der Waals surface area contributed by atoms with Gasteiger partial charge in [-0.05, 0) is 43.2 Å². The number of carbonyl (C=O) groups excluding carboxylic acids is 1. The summed E-state index contributed by atoms with van der Waals surface area (Å²) in [6.45, 7) is 4.12. The van der Waals surface area contributed by atoms with E-state index < -0.39 is 5.97 Å². The Hall–Kier alpha value is -2.01. The van der Waals surface area contributed by atoms with E-state index in [1.54, 1.807) is 12.3 Å². The van der Waals surface area contributed by atoms with E-state index in [0.717, 1.165) is 4.90 Å². The number of benzene rings is 1. The Morgan fingerprint density at radius 1 is 1.25 bits per heavy atom. The van der Waals surface area contributed by atoms with E-state index in [1.165, 1.54) is 30.0 Å². The molecule has 1 aromatic heterocycles. The van der Waals surface area contributed by atoms with Gasteiger partial charge < -0.3 is 10.5 Å². The third kappa shape index (κ3) is 2.93. The number of aryl methyl sites for hydroxylation is 2. The Balaban J connectivity index is 2.34. The number of aromatic nitrogens is 1. The number of rotatable bonds is 3. The number of methoxy groups -OCH3 is 1. The molecule has 1 aromatic carbocycles. The molecule has 2 N–H and O–H groups in total. The van der Waals surface area contributed by atoms with E-state index >= 15 is 0 Å². The van der Waals surface area contributed by atoms with Gasteiger partial charge >= 0.3 is 5.97 Å². The van der Waals surface area contributed by atoms with E-state index in [1.807, 2.05) is 6.07 Å². The first-order valence-electron chi connectivity index (χ1n) is 6.11. The van der Waals surface area contributed by atoms with Gasteiger partial charge in [-0.25, -0.2) is 9.78 Å². The maximum absolute atomic E-state index is 11.6. The van der Waals surface area contributed by atoms with E-state index in [0.29, 0.717) is 16.3 Å². The van der Waals surface area contributed by atoms with Crippen molar-refractivity contribution in [2.45, 2.75) is 23.8 Å². The van der Waals surface area contributed by atoms with Crippen molar-refractivity contribution in [3.63, 3.8) is 0 Å². The van der Waals surface area contributed by atoms with E-state index in [2.05, 4.69) is 31.0 Å². The van der Waals surface area contributed by atoms with Crippen molar-refractivity contribution in [3.8, 4) is 0 Å². The van der Waals surface area contributed by atoms with Crippen LogP contribution < -0.4 is 5.73 Å². The molecule has 104 valence electrons. The van der Waals surface area contributed by atoms with Crippen LogP contribution in [0.5, 0.6) is 0 Å². The summed E-state index contributed by atoms with van der Waals surface area (Å²) in [7, 11) is 1.33. The average molecular weight is 288 g/mol. The van der Waals surface area contributed by atoms with Gasteiger partial charge in [0.25, 0.3) is 0 Å².